The number of hydrogen-bond acceptors (Lipinski definition) is 3. The molecule has 0 saturated heterocycles. The van der Waals surface area contributed by atoms with Crippen LogP contribution in [-0.4, -0.2) is 24.5 Å². The maximum atomic E-state index is 6.01. The molecular weight excluding hydrogens is 228 g/mol. The molecular formula is C14H24N2S. The second kappa shape index (κ2) is 5.51. The fourth-order valence-corrected chi connectivity index (χ4v) is 4.04. The zero-order chi connectivity index (χ0) is 12.4. The SMILES string of the molecule is Cc1cc(C(CN)N(C)C2CCCC2)c(C)s1. The quantitative estimate of drug-likeness (QED) is 0.891. The summed E-state index contributed by atoms with van der Waals surface area (Å²) < 4.78 is 0. The normalized spacial score (nSPS) is 19.1. The number of likely N-dealkylation sites (N-methyl/N-ethyl adjacent to an activating group) is 1. The van der Waals surface area contributed by atoms with Gasteiger partial charge in [0.2, 0.25) is 0 Å². The van der Waals surface area contributed by atoms with E-state index in [1.165, 1.54) is 41.0 Å². The van der Waals surface area contributed by atoms with Gasteiger partial charge in [0, 0.05) is 28.4 Å². The van der Waals surface area contributed by atoms with Crippen molar-refractivity contribution in [3.05, 3.63) is 21.4 Å². The van der Waals surface area contributed by atoms with E-state index in [0.29, 0.717) is 6.04 Å². The monoisotopic (exact) mass is 252 g/mol. The van der Waals surface area contributed by atoms with Crippen molar-refractivity contribution in [2.24, 2.45) is 5.73 Å². The van der Waals surface area contributed by atoms with E-state index in [1.807, 2.05) is 11.3 Å². The first kappa shape index (κ1) is 13.1. The number of aryl methyl sites for hydroxylation is 2. The topological polar surface area (TPSA) is 29.3 Å². The summed E-state index contributed by atoms with van der Waals surface area (Å²) in [4.78, 5) is 5.35. The number of nitrogens with zero attached hydrogens (tertiary/aromatic N) is 1. The van der Waals surface area contributed by atoms with Gasteiger partial charge in [-0.2, -0.15) is 0 Å². The molecule has 96 valence electrons. The average molecular weight is 252 g/mol. The number of rotatable bonds is 4. The minimum Gasteiger partial charge on any atom is -0.329 e. The summed E-state index contributed by atoms with van der Waals surface area (Å²) in [6, 6.07) is 3.47. The molecule has 0 aliphatic heterocycles. The number of thiophene rings is 1. The molecule has 0 spiro atoms. The second-order valence-corrected chi connectivity index (χ2v) is 6.68. The van der Waals surface area contributed by atoms with E-state index in [4.69, 9.17) is 5.73 Å². The highest BCUT2D eigenvalue weighted by atomic mass is 32.1. The molecule has 1 saturated carbocycles. The molecule has 17 heavy (non-hydrogen) atoms. The van der Waals surface area contributed by atoms with Gasteiger partial charge in [-0.15, -0.1) is 11.3 Å². The van der Waals surface area contributed by atoms with Crippen LogP contribution in [0, 0.1) is 13.8 Å². The van der Waals surface area contributed by atoms with E-state index in [1.54, 1.807) is 0 Å². The summed E-state index contributed by atoms with van der Waals surface area (Å²) in [5.74, 6) is 0. The maximum Gasteiger partial charge on any atom is 0.0481 e. The smallest absolute Gasteiger partial charge is 0.0481 e. The van der Waals surface area contributed by atoms with Crippen molar-refractivity contribution < 1.29 is 0 Å². The molecule has 1 heterocycles. The Morgan fingerprint density at radius 2 is 2.06 bits per heavy atom. The number of nitrogens with two attached hydrogens (primary N) is 1. The van der Waals surface area contributed by atoms with Gasteiger partial charge in [-0.1, -0.05) is 12.8 Å². The summed E-state index contributed by atoms with van der Waals surface area (Å²) in [5.41, 5.74) is 7.46. The van der Waals surface area contributed by atoms with Crippen LogP contribution in [0.1, 0.15) is 47.0 Å². The molecule has 0 bridgehead atoms. The molecule has 0 amide bonds. The van der Waals surface area contributed by atoms with Gasteiger partial charge in [-0.05, 0) is 45.4 Å². The highest BCUT2D eigenvalue weighted by molar-refractivity contribution is 7.12. The van der Waals surface area contributed by atoms with E-state index in [2.05, 4.69) is 31.9 Å². The van der Waals surface area contributed by atoms with Gasteiger partial charge in [-0.25, -0.2) is 0 Å². The van der Waals surface area contributed by atoms with E-state index >= 15 is 0 Å². The van der Waals surface area contributed by atoms with Crippen molar-refractivity contribution in [1.29, 1.82) is 0 Å². The number of hydrogen-bond donors (Lipinski definition) is 1. The Kier molecular flexibility index (Phi) is 4.23. The predicted molar refractivity (Wildman–Crippen MR) is 75.6 cm³/mol. The summed E-state index contributed by atoms with van der Waals surface area (Å²) >= 11 is 1.89. The lowest BCUT2D eigenvalue weighted by atomic mass is 10.0. The molecule has 1 unspecified atom stereocenters. The van der Waals surface area contributed by atoms with Crippen molar-refractivity contribution in [3.63, 3.8) is 0 Å². The van der Waals surface area contributed by atoms with Gasteiger partial charge >= 0.3 is 0 Å². The van der Waals surface area contributed by atoms with Crippen molar-refractivity contribution in [1.82, 2.24) is 4.90 Å². The van der Waals surface area contributed by atoms with Crippen LogP contribution in [-0.2, 0) is 0 Å². The van der Waals surface area contributed by atoms with Crippen LogP contribution in [0.25, 0.3) is 0 Å². The van der Waals surface area contributed by atoms with Crippen LogP contribution < -0.4 is 5.73 Å². The first-order valence-electron chi connectivity index (χ1n) is 6.62. The van der Waals surface area contributed by atoms with Crippen LogP contribution in [0.5, 0.6) is 0 Å². The summed E-state index contributed by atoms with van der Waals surface area (Å²) in [6.07, 6.45) is 5.45. The zero-order valence-corrected chi connectivity index (χ0v) is 12.0. The summed E-state index contributed by atoms with van der Waals surface area (Å²) in [6.45, 7) is 5.13. The van der Waals surface area contributed by atoms with E-state index in [9.17, 15) is 0 Å². The average Bonchev–Trinajstić information content (AvgIpc) is 2.90. The first-order chi connectivity index (χ1) is 8.13. The fourth-order valence-electron chi connectivity index (χ4n) is 3.06. The van der Waals surface area contributed by atoms with Crippen molar-refractivity contribution >= 4 is 11.3 Å². The van der Waals surface area contributed by atoms with Crippen molar-refractivity contribution in [2.75, 3.05) is 13.6 Å². The minimum atomic E-state index is 0.406. The van der Waals surface area contributed by atoms with E-state index in [0.717, 1.165) is 12.6 Å². The second-order valence-electron chi connectivity index (χ2n) is 5.22. The molecule has 1 aromatic heterocycles. The molecule has 0 radical (unpaired) electrons. The van der Waals surface area contributed by atoms with Crippen molar-refractivity contribution in [2.45, 2.75) is 51.6 Å². The molecule has 3 heteroatoms. The lowest BCUT2D eigenvalue weighted by molar-refractivity contribution is 0.179. The Morgan fingerprint density at radius 3 is 2.53 bits per heavy atom. The Hall–Kier alpha value is -0.380. The Morgan fingerprint density at radius 1 is 1.41 bits per heavy atom. The zero-order valence-electron chi connectivity index (χ0n) is 11.2. The lowest BCUT2D eigenvalue weighted by Gasteiger charge is -2.32. The third-order valence-electron chi connectivity index (χ3n) is 4.05. The molecule has 1 aliphatic rings. The van der Waals surface area contributed by atoms with E-state index in [-0.39, 0.29) is 0 Å². The molecule has 2 N–H and O–H groups in total. The van der Waals surface area contributed by atoms with Crippen LogP contribution in [0.4, 0.5) is 0 Å². The van der Waals surface area contributed by atoms with Crippen LogP contribution in [0.2, 0.25) is 0 Å². The Labute approximate surface area is 109 Å². The Balaban J connectivity index is 2.17. The molecule has 1 fully saturated rings. The maximum absolute atomic E-state index is 6.01. The first-order valence-corrected chi connectivity index (χ1v) is 7.44. The molecule has 2 rings (SSSR count). The lowest BCUT2D eigenvalue weighted by Crippen LogP contribution is -2.37. The predicted octanol–water partition coefficient (Wildman–Crippen LogP) is 3.24. The minimum absolute atomic E-state index is 0.406. The molecule has 1 aromatic rings. The van der Waals surface area contributed by atoms with Gasteiger partial charge in [0.1, 0.15) is 0 Å². The highest BCUT2D eigenvalue weighted by Gasteiger charge is 2.27. The largest absolute Gasteiger partial charge is 0.329 e. The molecule has 2 nitrogen and oxygen atoms in total. The van der Waals surface area contributed by atoms with Gasteiger partial charge in [0.15, 0.2) is 0 Å². The van der Waals surface area contributed by atoms with Crippen LogP contribution in [0.15, 0.2) is 6.07 Å². The fraction of sp³-hybridized carbons (Fsp3) is 0.714. The molecule has 1 aliphatic carbocycles. The summed E-state index contributed by atoms with van der Waals surface area (Å²) in [5, 5.41) is 0. The van der Waals surface area contributed by atoms with Gasteiger partial charge in [0.05, 0.1) is 0 Å². The third-order valence-corrected chi connectivity index (χ3v) is 5.04. The molecule has 1 atom stereocenters. The van der Waals surface area contributed by atoms with E-state index < -0.39 is 0 Å². The molecule has 0 aromatic carbocycles. The Bertz CT molecular complexity index is 366. The van der Waals surface area contributed by atoms with Crippen molar-refractivity contribution in [3.8, 4) is 0 Å². The summed E-state index contributed by atoms with van der Waals surface area (Å²) in [7, 11) is 2.25. The van der Waals surface area contributed by atoms with Gasteiger partial charge < -0.3 is 5.73 Å². The van der Waals surface area contributed by atoms with Crippen LogP contribution >= 0.6 is 11.3 Å². The van der Waals surface area contributed by atoms with Crippen LogP contribution in [0.3, 0.4) is 0 Å². The third kappa shape index (κ3) is 2.72. The highest BCUT2D eigenvalue weighted by Crippen LogP contribution is 2.33. The van der Waals surface area contributed by atoms with Gasteiger partial charge in [-0.3, -0.25) is 4.90 Å². The standard InChI is InChI=1S/C14H24N2S/c1-10-8-13(11(2)17-10)14(9-15)16(3)12-6-4-5-7-12/h8,12,14H,4-7,9,15H2,1-3H3. The van der Waals surface area contributed by atoms with Gasteiger partial charge in [0.25, 0.3) is 0 Å².